The third-order valence-corrected chi connectivity index (χ3v) is 5.02. The van der Waals surface area contributed by atoms with E-state index >= 15 is 0 Å². The van der Waals surface area contributed by atoms with Crippen LogP contribution in [-0.4, -0.2) is 61.9 Å². The van der Waals surface area contributed by atoms with Crippen molar-refractivity contribution in [3.05, 3.63) is 30.2 Å². The van der Waals surface area contributed by atoms with E-state index in [4.69, 9.17) is 4.42 Å². The number of hydrogen-bond acceptors (Lipinski definition) is 6. The summed E-state index contributed by atoms with van der Waals surface area (Å²) in [6, 6.07) is 4.92. The zero-order valence-corrected chi connectivity index (χ0v) is 13.4. The number of nitrogens with zero attached hydrogens (tertiary/aromatic N) is 3. The van der Waals surface area contributed by atoms with E-state index in [1.165, 1.54) is 4.90 Å². The fraction of sp³-hybridized carbons (Fsp3) is 0.333. The predicted octanol–water partition coefficient (Wildman–Crippen LogP) is 1.58. The van der Waals surface area contributed by atoms with Gasteiger partial charge in [-0.3, -0.25) is 24.4 Å². The van der Waals surface area contributed by atoms with Crippen molar-refractivity contribution in [3.8, 4) is 11.5 Å². The Bertz CT molecular complexity index is 784. The van der Waals surface area contributed by atoms with E-state index in [0.717, 1.165) is 11.8 Å². The number of imide groups is 1. The van der Waals surface area contributed by atoms with Gasteiger partial charge in [-0.2, -0.15) is 5.10 Å². The second-order valence-corrected chi connectivity index (χ2v) is 6.58. The summed E-state index contributed by atoms with van der Waals surface area (Å²) in [5.41, 5.74) is 0.913. The first kappa shape index (κ1) is 15.0. The summed E-state index contributed by atoms with van der Waals surface area (Å²) in [7, 11) is 0. The molecular weight excluding hydrogens is 332 g/mol. The van der Waals surface area contributed by atoms with Crippen LogP contribution >= 0.6 is 11.8 Å². The van der Waals surface area contributed by atoms with E-state index < -0.39 is 0 Å². The van der Waals surface area contributed by atoms with Gasteiger partial charge in [-0.1, -0.05) is 11.8 Å². The van der Waals surface area contributed by atoms with E-state index in [-0.39, 0.29) is 34.5 Å². The van der Waals surface area contributed by atoms with Crippen molar-refractivity contribution in [1.29, 1.82) is 0 Å². The van der Waals surface area contributed by atoms with Gasteiger partial charge in [0.2, 0.25) is 5.91 Å². The van der Waals surface area contributed by atoms with Crippen LogP contribution < -0.4 is 0 Å². The smallest absolute Gasteiger partial charge is 0.289 e. The number of aromatic amines is 1. The van der Waals surface area contributed by atoms with Crippen LogP contribution in [0.2, 0.25) is 0 Å². The van der Waals surface area contributed by atoms with Crippen molar-refractivity contribution in [2.45, 2.75) is 12.5 Å². The SMILES string of the molecule is O=C(c1cc(-c2ccco2)[nH]n1)N1CCC(N2C(=O)CSC2=O)C1. The average molecular weight is 346 g/mol. The minimum Gasteiger partial charge on any atom is -0.463 e. The predicted molar refractivity (Wildman–Crippen MR) is 85.3 cm³/mol. The lowest BCUT2D eigenvalue weighted by molar-refractivity contribution is -0.126. The number of H-pyrrole nitrogens is 1. The van der Waals surface area contributed by atoms with Crippen molar-refractivity contribution < 1.29 is 18.8 Å². The highest BCUT2D eigenvalue weighted by Crippen LogP contribution is 2.27. The molecule has 4 heterocycles. The quantitative estimate of drug-likeness (QED) is 0.906. The second kappa shape index (κ2) is 5.82. The Morgan fingerprint density at radius 2 is 2.29 bits per heavy atom. The van der Waals surface area contributed by atoms with E-state index in [9.17, 15) is 14.4 Å². The molecule has 2 aliphatic heterocycles. The molecule has 1 atom stereocenters. The van der Waals surface area contributed by atoms with Crippen molar-refractivity contribution in [2.75, 3.05) is 18.8 Å². The molecular formula is C15H14N4O4S. The number of amides is 3. The average Bonchev–Trinajstić information content (AvgIpc) is 3.34. The number of furan rings is 1. The minimum atomic E-state index is -0.243. The van der Waals surface area contributed by atoms with Crippen LogP contribution in [0.5, 0.6) is 0 Å². The van der Waals surface area contributed by atoms with E-state index in [1.54, 1.807) is 29.4 Å². The van der Waals surface area contributed by atoms with Gasteiger partial charge in [0.1, 0.15) is 5.69 Å². The van der Waals surface area contributed by atoms with Crippen LogP contribution in [-0.2, 0) is 4.79 Å². The number of nitrogens with one attached hydrogen (secondary N) is 1. The molecule has 2 aromatic rings. The number of rotatable bonds is 3. The topological polar surface area (TPSA) is 99.5 Å². The number of likely N-dealkylation sites (tertiary alicyclic amines) is 1. The standard InChI is InChI=1S/C15H14N4O4S/c20-13-8-24-15(22)19(13)9-3-4-18(7-9)14(21)11-6-10(16-17-11)12-2-1-5-23-12/h1-2,5-6,9H,3-4,7-8H2,(H,16,17). The highest BCUT2D eigenvalue weighted by Gasteiger charge is 2.40. The molecule has 0 spiro atoms. The van der Waals surface area contributed by atoms with Gasteiger partial charge in [-0.15, -0.1) is 0 Å². The minimum absolute atomic E-state index is 0.177. The number of carbonyl (C=O) groups is 3. The summed E-state index contributed by atoms with van der Waals surface area (Å²) < 4.78 is 5.27. The van der Waals surface area contributed by atoms with Crippen LogP contribution in [0.3, 0.4) is 0 Å². The molecule has 0 saturated carbocycles. The third kappa shape index (κ3) is 2.50. The Morgan fingerprint density at radius 3 is 3.00 bits per heavy atom. The zero-order valence-electron chi connectivity index (χ0n) is 12.6. The summed E-state index contributed by atoms with van der Waals surface area (Å²) in [6.45, 7) is 0.841. The maximum absolute atomic E-state index is 12.6. The van der Waals surface area contributed by atoms with Gasteiger partial charge in [-0.05, 0) is 18.6 Å². The second-order valence-electron chi connectivity index (χ2n) is 5.66. The first-order valence-electron chi connectivity index (χ1n) is 7.51. The highest BCUT2D eigenvalue weighted by molar-refractivity contribution is 8.14. The fourth-order valence-electron chi connectivity index (χ4n) is 3.01. The maximum Gasteiger partial charge on any atom is 0.289 e. The molecule has 1 N–H and O–H groups in total. The molecule has 9 heteroatoms. The first-order valence-corrected chi connectivity index (χ1v) is 8.49. The highest BCUT2D eigenvalue weighted by atomic mass is 32.2. The molecule has 8 nitrogen and oxygen atoms in total. The Balaban J connectivity index is 1.46. The normalized spacial score (nSPS) is 21.1. The van der Waals surface area contributed by atoms with Crippen LogP contribution in [0, 0.1) is 0 Å². The number of carbonyl (C=O) groups excluding carboxylic acids is 3. The Labute approximate surface area is 141 Å². The number of hydrogen-bond donors (Lipinski definition) is 1. The summed E-state index contributed by atoms with van der Waals surface area (Å²) in [4.78, 5) is 39.1. The Hall–Kier alpha value is -2.55. The van der Waals surface area contributed by atoms with E-state index in [1.807, 2.05) is 0 Å². The van der Waals surface area contributed by atoms with E-state index in [2.05, 4.69) is 10.2 Å². The molecule has 2 aromatic heterocycles. The fourth-order valence-corrected chi connectivity index (χ4v) is 3.78. The van der Waals surface area contributed by atoms with Crippen molar-refractivity contribution in [2.24, 2.45) is 0 Å². The molecule has 0 aliphatic carbocycles. The molecule has 0 aromatic carbocycles. The lowest BCUT2D eigenvalue weighted by Crippen LogP contribution is -2.41. The first-order chi connectivity index (χ1) is 11.6. The summed E-state index contributed by atoms with van der Waals surface area (Å²) in [5.74, 6) is 0.392. The number of aromatic nitrogens is 2. The molecule has 1 unspecified atom stereocenters. The van der Waals surface area contributed by atoms with E-state index in [0.29, 0.717) is 31.0 Å². The van der Waals surface area contributed by atoms with Crippen LogP contribution in [0.1, 0.15) is 16.9 Å². The van der Waals surface area contributed by atoms with Gasteiger partial charge in [0.15, 0.2) is 11.5 Å². The Morgan fingerprint density at radius 1 is 1.42 bits per heavy atom. The summed E-state index contributed by atoms with van der Waals surface area (Å²) >= 11 is 1.01. The van der Waals surface area contributed by atoms with Gasteiger partial charge >= 0.3 is 0 Å². The molecule has 24 heavy (non-hydrogen) atoms. The van der Waals surface area contributed by atoms with Gasteiger partial charge in [-0.25, -0.2) is 0 Å². The summed E-state index contributed by atoms with van der Waals surface area (Å²) in [6.07, 6.45) is 2.14. The molecule has 124 valence electrons. The Kier molecular flexibility index (Phi) is 3.64. The van der Waals surface area contributed by atoms with Crippen LogP contribution in [0.15, 0.2) is 28.9 Å². The van der Waals surface area contributed by atoms with Crippen LogP contribution in [0.25, 0.3) is 11.5 Å². The van der Waals surface area contributed by atoms with Crippen molar-refractivity contribution in [1.82, 2.24) is 20.0 Å². The van der Waals surface area contributed by atoms with Gasteiger partial charge in [0.05, 0.1) is 18.1 Å². The molecule has 0 bridgehead atoms. The lowest BCUT2D eigenvalue weighted by atomic mass is 10.2. The molecule has 4 rings (SSSR count). The third-order valence-electron chi connectivity index (χ3n) is 4.18. The molecule has 0 radical (unpaired) electrons. The molecule has 3 amide bonds. The largest absolute Gasteiger partial charge is 0.463 e. The van der Waals surface area contributed by atoms with Gasteiger partial charge in [0, 0.05) is 19.2 Å². The zero-order chi connectivity index (χ0) is 16.7. The maximum atomic E-state index is 12.6. The van der Waals surface area contributed by atoms with Crippen molar-refractivity contribution in [3.63, 3.8) is 0 Å². The van der Waals surface area contributed by atoms with Crippen molar-refractivity contribution >= 4 is 28.8 Å². The van der Waals surface area contributed by atoms with Gasteiger partial charge in [0.25, 0.3) is 11.1 Å². The summed E-state index contributed by atoms with van der Waals surface area (Å²) in [5, 5.41) is 6.60. The monoisotopic (exact) mass is 346 g/mol. The molecule has 2 aliphatic rings. The van der Waals surface area contributed by atoms with Crippen LogP contribution in [0.4, 0.5) is 4.79 Å². The van der Waals surface area contributed by atoms with Gasteiger partial charge < -0.3 is 9.32 Å². The molecule has 2 fully saturated rings. The molecule has 2 saturated heterocycles. The number of thioether (sulfide) groups is 1. The lowest BCUT2D eigenvalue weighted by Gasteiger charge is -2.21.